The first kappa shape index (κ1) is 11.5. The highest BCUT2D eigenvalue weighted by Crippen LogP contribution is 2.25. The maximum Gasteiger partial charge on any atom is 0.161 e. The van der Waals surface area contributed by atoms with Crippen molar-refractivity contribution in [2.45, 2.75) is 37.8 Å². The molecule has 0 unspecified atom stereocenters. The normalized spacial score (nSPS) is 12.0. The third-order valence-electron chi connectivity index (χ3n) is 1.58. The molecule has 1 heterocycles. The lowest BCUT2D eigenvalue weighted by atomic mass is 10.3. The zero-order valence-corrected chi connectivity index (χ0v) is 9.71. The van der Waals surface area contributed by atoms with Gasteiger partial charge in [0.2, 0.25) is 0 Å². The van der Waals surface area contributed by atoms with Crippen LogP contribution in [0.4, 0.5) is 0 Å². The molecule has 0 fully saturated rings. The molecular weight excluding hydrogens is 198 g/mol. The zero-order valence-electron chi connectivity index (χ0n) is 8.90. The van der Waals surface area contributed by atoms with E-state index in [2.05, 4.69) is 36.3 Å². The monoisotopic (exact) mass is 215 g/mol. The molecule has 0 atom stereocenters. The average molecular weight is 215 g/mol. The lowest BCUT2D eigenvalue weighted by molar-refractivity contribution is 0.582. The Morgan fingerprint density at radius 1 is 1.43 bits per heavy atom. The van der Waals surface area contributed by atoms with E-state index in [4.69, 9.17) is 5.73 Å². The first-order chi connectivity index (χ1) is 6.53. The first-order valence-electron chi connectivity index (χ1n) is 4.62. The Kier molecular flexibility index (Phi) is 3.88. The summed E-state index contributed by atoms with van der Waals surface area (Å²) in [4.78, 5) is 0. The number of nitrogens with two attached hydrogens (primary N) is 1. The van der Waals surface area contributed by atoms with Crippen LogP contribution >= 0.6 is 11.8 Å². The van der Waals surface area contributed by atoms with E-state index in [9.17, 15) is 0 Å². The van der Waals surface area contributed by atoms with E-state index in [0.717, 1.165) is 11.6 Å². The van der Waals surface area contributed by atoms with Crippen LogP contribution < -0.4 is 5.73 Å². The Hall–Kier alpha value is -0.620. The van der Waals surface area contributed by atoms with Gasteiger partial charge in [-0.05, 0) is 10.4 Å². The molecular formula is C8H17N5S. The smallest absolute Gasteiger partial charge is 0.161 e. The van der Waals surface area contributed by atoms with Gasteiger partial charge in [0, 0.05) is 11.3 Å². The van der Waals surface area contributed by atoms with Crippen molar-refractivity contribution in [3.05, 3.63) is 5.82 Å². The van der Waals surface area contributed by atoms with Crippen LogP contribution in [0, 0.1) is 0 Å². The molecule has 1 rings (SSSR count). The van der Waals surface area contributed by atoms with E-state index in [1.165, 1.54) is 0 Å². The molecule has 6 heteroatoms. The van der Waals surface area contributed by atoms with Gasteiger partial charge >= 0.3 is 0 Å². The number of hydrogen-bond acceptors (Lipinski definition) is 5. The highest BCUT2D eigenvalue weighted by atomic mass is 32.2. The van der Waals surface area contributed by atoms with E-state index in [1.54, 1.807) is 4.68 Å². The van der Waals surface area contributed by atoms with Gasteiger partial charge in [0.05, 0.1) is 12.3 Å². The fourth-order valence-electron chi connectivity index (χ4n) is 0.904. The molecule has 1 aromatic rings. The van der Waals surface area contributed by atoms with Crippen LogP contribution in [-0.2, 0) is 12.3 Å². The Bertz CT molecular complexity index is 278. The predicted molar refractivity (Wildman–Crippen MR) is 57.9 cm³/mol. The number of tetrazole rings is 1. The van der Waals surface area contributed by atoms with Crippen molar-refractivity contribution < 1.29 is 0 Å². The van der Waals surface area contributed by atoms with Gasteiger partial charge in [-0.3, -0.25) is 0 Å². The largest absolute Gasteiger partial charge is 0.329 e. The Balaban J connectivity index is 2.53. The van der Waals surface area contributed by atoms with Crippen molar-refractivity contribution in [3.63, 3.8) is 0 Å². The number of thioether (sulfide) groups is 1. The van der Waals surface area contributed by atoms with Gasteiger partial charge in [-0.1, -0.05) is 20.8 Å². The second-order valence-electron chi connectivity index (χ2n) is 4.01. The molecule has 80 valence electrons. The highest BCUT2D eigenvalue weighted by Gasteiger charge is 2.13. The third-order valence-corrected chi connectivity index (χ3v) is 2.85. The summed E-state index contributed by atoms with van der Waals surface area (Å²) in [7, 11) is 0. The molecule has 0 aliphatic heterocycles. The standard InChI is InChI=1S/C8H17N5S/c1-8(2,3)14-6-7-10-11-12-13(7)5-4-9/h4-6,9H2,1-3H3. The van der Waals surface area contributed by atoms with Crippen LogP contribution in [0.2, 0.25) is 0 Å². The fourth-order valence-corrected chi connectivity index (χ4v) is 1.67. The van der Waals surface area contributed by atoms with Gasteiger partial charge in [-0.2, -0.15) is 0 Å². The molecule has 0 saturated carbocycles. The Labute approximate surface area is 88.4 Å². The van der Waals surface area contributed by atoms with Crippen molar-refractivity contribution in [3.8, 4) is 0 Å². The van der Waals surface area contributed by atoms with Gasteiger partial charge in [-0.25, -0.2) is 4.68 Å². The van der Waals surface area contributed by atoms with Crippen molar-refractivity contribution in [1.82, 2.24) is 20.2 Å². The van der Waals surface area contributed by atoms with Crippen LogP contribution in [0.15, 0.2) is 0 Å². The number of hydrogen-bond donors (Lipinski definition) is 1. The molecule has 0 saturated heterocycles. The summed E-state index contributed by atoms with van der Waals surface area (Å²) in [6.45, 7) is 7.78. The van der Waals surface area contributed by atoms with E-state index in [1.807, 2.05) is 11.8 Å². The molecule has 1 aromatic heterocycles. The third kappa shape index (κ3) is 3.63. The van der Waals surface area contributed by atoms with E-state index < -0.39 is 0 Å². The van der Waals surface area contributed by atoms with Gasteiger partial charge < -0.3 is 5.73 Å². The SMILES string of the molecule is CC(C)(C)SCc1nnnn1CCN. The Morgan fingerprint density at radius 3 is 2.71 bits per heavy atom. The average Bonchev–Trinajstić information content (AvgIpc) is 2.48. The molecule has 0 aliphatic rings. The number of aromatic nitrogens is 4. The maximum atomic E-state index is 5.45. The van der Waals surface area contributed by atoms with Crippen molar-refractivity contribution >= 4 is 11.8 Å². The molecule has 14 heavy (non-hydrogen) atoms. The Morgan fingerprint density at radius 2 is 2.14 bits per heavy atom. The minimum absolute atomic E-state index is 0.236. The van der Waals surface area contributed by atoms with Gasteiger partial charge in [0.15, 0.2) is 5.82 Å². The van der Waals surface area contributed by atoms with Gasteiger partial charge in [0.25, 0.3) is 0 Å². The van der Waals surface area contributed by atoms with Crippen LogP contribution in [0.25, 0.3) is 0 Å². The summed E-state index contributed by atoms with van der Waals surface area (Å²) in [6, 6.07) is 0. The number of rotatable bonds is 4. The van der Waals surface area contributed by atoms with Crippen LogP contribution in [0.5, 0.6) is 0 Å². The van der Waals surface area contributed by atoms with Crippen LogP contribution in [-0.4, -0.2) is 31.5 Å². The first-order valence-corrected chi connectivity index (χ1v) is 5.60. The van der Waals surface area contributed by atoms with Crippen LogP contribution in [0.3, 0.4) is 0 Å². The quantitative estimate of drug-likeness (QED) is 0.799. The number of nitrogens with zero attached hydrogens (tertiary/aromatic N) is 4. The minimum Gasteiger partial charge on any atom is -0.329 e. The fraction of sp³-hybridized carbons (Fsp3) is 0.875. The van der Waals surface area contributed by atoms with E-state index in [-0.39, 0.29) is 4.75 Å². The summed E-state index contributed by atoms with van der Waals surface area (Å²) in [5, 5.41) is 11.5. The second kappa shape index (κ2) is 4.75. The molecule has 0 bridgehead atoms. The summed E-state index contributed by atoms with van der Waals surface area (Å²) in [5.41, 5.74) is 5.45. The molecule has 0 radical (unpaired) electrons. The molecule has 0 amide bonds. The molecule has 5 nitrogen and oxygen atoms in total. The summed E-state index contributed by atoms with van der Waals surface area (Å²) in [6.07, 6.45) is 0. The van der Waals surface area contributed by atoms with Gasteiger partial charge in [0.1, 0.15) is 0 Å². The zero-order chi connectivity index (χ0) is 10.6. The van der Waals surface area contributed by atoms with Crippen LogP contribution in [0.1, 0.15) is 26.6 Å². The second-order valence-corrected chi connectivity index (χ2v) is 5.81. The summed E-state index contributed by atoms with van der Waals surface area (Å²) >= 11 is 1.83. The van der Waals surface area contributed by atoms with E-state index in [0.29, 0.717) is 13.1 Å². The predicted octanol–water partition coefficient (Wildman–Crippen LogP) is 0.663. The topological polar surface area (TPSA) is 69.6 Å². The van der Waals surface area contributed by atoms with Crippen molar-refractivity contribution in [2.24, 2.45) is 5.73 Å². The minimum atomic E-state index is 0.236. The lowest BCUT2D eigenvalue weighted by Crippen LogP contribution is -2.15. The molecule has 0 spiro atoms. The summed E-state index contributed by atoms with van der Waals surface area (Å²) < 4.78 is 2.00. The van der Waals surface area contributed by atoms with Crippen molar-refractivity contribution in [1.29, 1.82) is 0 Å². The summed E-state index contributed by atoms with van der Waals surface area (Å²) in [5.74, 6) is 1.73. The maximum absolute atomic E-state index is 5.45. The van der Waals surface area contributed by atoms with Gasteiger partial charge in [-0.15, -0.1) is 16.9 Å². The van der Waals surface area contributed by atoms with E-state index >= 15 is 0 Å². The lowest BCUT2D eigenvalue weighted by Gasteiger charge is -2.16. The highest BCUT2D eigenvalue weighted by molar-refractivity contribution is 7.99. The molecule has 0 aliphatic carbocycles. The molecule has 0 aromatic carbocycles. The molecule has 2 N–H and O–H groups in total. The van der Waals surface area contributed by atoms with Crippen molar-refractivity contribution in [2.75, 3.05) is 6.54 Å².